The maximum atomic E-state index is 13.2. The van der Waals surface area contributed by atoms with E-state index < -0.39 is 6.17 Å². The molecule has 2 fully saturated rings. The van der Waals surface area contributed by atoms with Crippen LogP contribution in [-0.4, -0.2) is 48.7 Å². The second kappa shape index (κ2) is 31.1. The molecule has 1 aromatic carbocycles. The Balaban J connectivity index is -0.000000341. The van der Waals surface area contributed by atoms with Gasteiger partial charge in [-0.05, 0) is 50.7 Å². The van der Waals surface area contributed by atoms with Crippen molar-refractivity contribution in [2.75, 3.05) is 37.6 Å². The summed E-state index contributed by atoms with van der Waals surface area (Å²) in [6, 6.07) is 6.79. The van der Waals surface area contributed by atoms with Gasteiger partial charge in [-0.25, -0.2) is 4.39 Å². The molecule has 5 nitrogen and oxygen atoms in total. The lowest BCUT2D eigenvalue weighted by Gasteiger charge is -2.38. The number of anilines is 1. The van der Waals surface area contributed by atoms with Crippen LogP contribution in [0.25, 0.3) is 0 Å². The van der Waals surface area contributed by atoms with Gasteiger partial charge in [-0.2, -0.15) is 0 Å². The number of piperazine rings is 1. The Hall–Kier alpha value is -1.95. The molecule has 0 aromatic heterocycles. The summed E-state index contributed by atoms with van der Waals surface area (Å²) in [5.74, 6) is 0.646. The Labute approximate surface area is 224 Å². The number of nitrogens with zero attached hydrogens (tertiary/aromatic N) is 3. The van der Waals surface area contributed by atoms with Gasteiger partial charge in [0.25, 0.3) is 5.69 Å². The lowest BCUT2D eigenvalue weighted by molar-refractivity contribution is -0.384. The predicted molar refractivity (Wildman–Crippen MR) is 161 cm³/mol. The third-order valence-electron chi connectivity index (χ3n) is 5.09. The van der Waals surface area contributed by atoms with Crippen molar-refractivity contribution in [3.05, 3.63) is 47.0 Å². The second-order valence-electron chi connectivity index (χ2n) is 7.09. The zero-order chi connectivity index (χ0) is 28.9. The summed E-state index contributed by atoms with van der Waals surface area (Å²) in [6.07, 6.45) is 4.67. The number of nitro groups is 1. The molecule has 0 N–H and O–H groups in total. The van der Waals surface area contributed by atoms with E-state index in [1.807, 2.05) is 88.3 Å². The zero-order valence-electron chi connectivity index (χ0n) is 25.6. The highest BCUT2D eigenvalue weighted by molar-refractivity contribution is 5.51. The van der Waals surface area contributed by atoms with Crippen LogP contribution in [0.15, 0.2) is 36.9 Å². The standard InChI is InChI=1S/C17H24FN3O2.C3H6.5C2H6/c18-15-3-1-14(2-4-15)13-19-9-11-20(12-10-19)16-5-7-17(8-6-16)21(22)23;1-3-2;5*1-2/h5-8,14-15H,1-4,9-13H2;3H,1H2,2H3;5*1-2H3. The fourth-order valence-electron chi connectivity index (χ4n) is 3.64. The van der Waals surface area contributed by atoms with Gasteiger partial charge in [0.1, 0.15) is 6.17 Å². The van der Waals surface area contributed by atoms with E-state index in [0.29, 0.717) is 5.92 Å². The molecule has 0 atom stereocenters. The Kier molecular flexibility index (Phi) is 35.6. The molecule has 0 spiro atoms. The summed E-state index contributed by atoms with van der Waals surface area (Å²) in [4.78, 5) is 15.1. The lowest BCUT2D eigenvalue weighted by atomic mass is 9.87. The average Bonchev–Trinajstić information content (AvgIpc) is 2.96. The van der Waals surface area contributed by atoms with Crippen LogP contribution in [0.4, 0.5) is 15.8 Å². The van der Waals surface area contributed by atoms with Crippen molar-refractivity contribution in [1.82, 2.24) is 4.90 Å². The van der Waals surface area contributed by atoms with Gasteiger partial charge >= 0.3 is 0 Å². The van der Waals surface area contributed by atoms with Crippen LogP contribution in [0.3, 0.4) is 0 Å². The van der Waals surface area contributed by atoms with E-state index in [9.17, 15) is 14.5 Å². The van der Waals surface area contributed by atoms with Crippen molar-refractivity contribution in [3.63, 3.8) is 0 Å². The molecule has 214 valence electrons. The summed E-state index contributed by atoms with van der Waals surface area (Å²) in [5, 5.41) is 10.7. The third-order valence-corrected chi connectivity index (χ3v) is 5.09. The number of nitro benzene ring substituents is 1. The predicted octanol–water partition coefficient (Wildman–Crippen LogP) is 9.57. The minimum Gasteiger partial charge on any atom is -0.369 e. The molecule has 1 aliphatic carbocycles. The highest BCUT2D eigenvalue weighted by Gasteiger charge is 2.24. The van der Waals surface area contributed by atoms with Crippen LogP contribution in [0, 0.1) is 16.0 Å². The van der Waals surface area contributed by atoms with E-state index in [1.54, 1.807) is 18.2 Å². The zero-order valence-corrected chi connectivity index (χ0v) is 25.6. The summed E-state index contributed by atoms with van der Waals surface area (Å²) < 4.78 is 13.2. The Morgan fingerprint density at radius 2 is 1.25 bits per heavy atom. The van der Waals surface area contributed by atoms with Gasteiger partial charge in [0.05, 0.1) is 4.92 Å². The van der Waals surface area contributed by atoms with E-state index in [0.717, 1.165) is 64.1 Å². The molecule has 2 aliphatic rings. The van der Waals surface area contributed by atoms with Crippen molar-refractivity contribution < 1.29 is 9.31 Å². The highest BCUT2D eigenvalue weighted by Crippen LogP contribution is 2.27. The number of alkyl halides is 1. The molecular weight excluding hydrogens is 453 g/mol. The van der Waals surface area contributed by atoms with Crippen molar-refractivity contribution in [2.24, 2.45) is 5.92 Å². The van der Waals surface area contributed by atoms with Crippen molar-refractivity contribution >= 4 is 11.4 Å². The first-order chi connectivity index (χ1) is 17.5. The Morgan fingerprint density at radius 3 is 1.61 bits per heavy atom. The number of halogens is 1. The van der Waals surface area contributed by atoms with Crippen molar-refractivity contribution in [1.29, 1.82) is 0 Å². The summed E-state index contributed by atoms with van der Waals surface area (Å²) in [7, 11) is 0. The minimum absolute atomic E-state index is 0.135. The molecule has 0 bridgehead atoms. The summed E-state index contributed by atoms with van der Waals surface area (Å²) in [5.41, 5.74) is 1.18. The smallest absolute Gasteiger partial charge is 0.269 e. The fourth-order valence-corrected chi connectivity index (χ4v) is 3.64. The summed E-state index contributed by atoms with van der Waals surface area (Å²) in [6.45, 7) is 30.2. The van der Waals surface area contributed by atoms with E-state index >= 15 is 0 Å². The van der Waals surface area contributed by atoms with Crippen molar-refractivity contribution in [3.8, 4) is 0 Å². The lowest BCUT2D eigenvalue weighted by Crippen LogP contribution is -2.48. The number of hydrogen-bond donors (Lipinski definition) is 0. The molecule has 1 saturated heterocycles. The Bertz CT molecular complexity index is 566. The van der Waals surface area contributed by atoms with Gasteiger partial charge in [-0.1, -0.05) is 75.3 Å². The largest absolute Gasteiger partial charge is 0.369 e. The molecule has 0 radical (unpaired) electrons. The maximum Gasteiger partial charge on any atom is 0.269 e. The van der Waals surface area contributed by atoms with Gasteiger partial charge in [0.2, 0.25) is 0 Å². The first kappa shape index (κ1) is 41.2. The topological polar surface area (TPSA) is 49.6 Å². The monoisotopic (exact) mass is 513 g/mol. The van der Waals surface area contributed by atoms with E-state index in [-0.39, 0.29) is 10.6 Å². The number of rotatable bonds is 4. The highest BCUT2D eigenvalue weighted by atomic mass is 19.1. The minimum atomic E-state index is -0.578. The maximum absolute atomic E-state index is 13.2. The van der Waals surface area contributed by atoms with Gasteiger partial charge in [-0.3, -0.25) is 15.0 Å². The first-order valence-electron chi connectivity index (χ1n) is 14.5. The molecule has 36 heavy (non-hydrogen) atoms. The van der Waals surface area contributed by atoms with Gasteiger partial charge in [0.15, 0.2) is 0 Å². The van der Waals surface area contributed by atoms with Gasteiger partial charge in [-0.15, -0.1) is 6.58 Å². The third kappa shape index (κ3) is 19.3. The quantitative estimate of drug-likeness (QED) is 0.228. The normalized spacial score (nSPS) is 17.9. The molecule has 0 unspecified atom stereocenters. The SMILES string of the molecule is C=CC.CC.CC.CC.CC.CC.O=[N+]([O-])c1ccc(N2CCN(CC3CCC(F)CC3)CC2)cc1. The average molecular weight is 514 g/mol. The first-order valence-corrected chi connectivity index (χ1v) is 14.5. The molecule has 0 amide bonds. The molecule has 1 heterocycles. The van der Waals surface area contributed by atoms with Crippen LogP contribution in [0.1, 0.15) is 102 Å². The van der Waals surface area contributed by atoms with E-state index in [2.05, 4.69) is 16.4 Å². The van der Waals surface area contributed by atoms with Crippen LogP contribution in [0.5, 0.6) is 0 Å². The van der Waals surface area contributed by atoms with Crippen LogP contribution >= 0.6 is 0 Å². The van der Waals surface area contributed by atoms with Crippen LogP contribution < -0.4 is 4.90 Å². The number of non-ortho nitro benzene ring substituents is 1. The molecule has 6 heteroatoms. The molecule has 3 rings (SSSR count). The fraction of sp³-hybridized carbons (Fsp3) is 0.733. The number of allylic oxidation sites excluding steroid dienone is 1. The van der Waals surface area contributed by atoms with Gasteiger partial charge in [0, 0.05) is 50.5 Å². The number of hydrogen-bond acceptors (Lipinski definition) is 4. The number of benzene rings is 1. The van der Waals surface area contributed by atoms with Crippen molar-refractivity contribution in [2.45, 2.75) is 108 Å². The molecular formula is C30H60FN3O2. The second-order valence-corrected chi connectivity index (χ2v) is 7.09. The summed E-state index contributed by atoms with van der Waals surface area (Å²) >= 11 is 0. The Morgan fingerprint density at radius 1 is 0.861 bits per heavy atom. The van der Waals surface area contributed by atoms with E-state index in [4.69, 9.17) is 0 Å². The van der Waals surface area contributed by atoms with Crippen LogP contribution in [-0.2, 0) is 0 Å². The molecule has 1 saturated carbocycles. The molecule has 1 aliphatic heterocycles. The van der Waals surface area contributed by atoms with Crippen LogP contribution in [0.2, 0.25) is 0 Å². The molecule has 1 aromatic rings. The van der Waals surface area contributed by atoms with E-state index in [1.165, 1.54) is 0 Å². The van der Waals surface area contributed by atoms with Gasteiger partial charge < -0.3 is 4.90 Å².